The number of carbonyl (C=O) groups is 4. The SMILES string of the molecule is CCCCCCCC[C@H]1CN(C(=O)c2ccc(C(=O)N3CC[C@H](C(N)=O)C3)cc2)C[C@H]1C(=O)NCCCCCC. The molecule has 1 aromatic rings. The standard InChI is InChI=1S/C32H50N4O4/c1-3-5-7-9-10-11-13-26-21-36(23-28(26)30(38)34-19-12-8-6-4-2)32(40)25-16-14-24(15-17-25)31(39)35-20-18-27(22-35)29(33)37/h14-17,26-28H,3-13,18-23H2,1-2H3,(H2,33,37)(H,34,38)/t26-,27-,28+/m0/s1. The number of hydrogen-bond acceptors (Lipinski definition) is 4. The number of unbranched alkanes of at least 4 members (excludes halogenated alkanes) is 8. The number of nitrogens with two attached hydrogens (primary N) is 1. The van der Waals surface area contributed by atoms with E-state index >= 15 is 0 Å². The molecular weight excluding hydrogens is 504 g/mol. The smallest absolute Gasteiger partial charge is 0.253 e. The zero-order valence-electron chi connectivity index (χ0n) is 24.7. The van der Waals surface area contributed by atoms with Crippen LogP contribution in [0, 0.1) is 17.8 Å². The largest absolute Gasteiger partial charge is 0.369 e. The van der Waals surface area contributed by atoms with E-state index in [2.05, 4.69) is 19.2 Å². The van der Waals surface area contributed by atoms with E-state index in [0.717, 1.165) is 32.1 Å². The number of nitrogens with one attached hydrogen (secondary N) is 1. The van der Waals surface area contributed by atoms with Gasteiger partial charge in [-0.05, 0) is 49.4 Å². The van der Waals surface area contributed by atoms with Crippen LogP contribution in [0.25, 0.3) is 0 Å². The molecule has 2 heterocycles. The Morgan fingerprint density at radius 2 is 1.35 bits per heavy atom. The number of hydrogen-bond donors (Lipinski definition) is 2. The molecule has 0 saturated carbocycles. The van der Waals surface area contributed by atoms with E-state index in [1.165, 1.54) is 38.5 Å². The Kier molecular flexibility index (Phi) is 13.0. The molecule has 0 bridgehead atoms. The van der Waals surface area contributed by atoms with Crippen molar-refractivity contribution in [3.8, 4) is 0 Å². The first kappa shape index (κ1) is 31.6. The lowest BCUT2D eigenvalue weighted by Gasteiger charge is -2.18. The first-order valence-electron chi connectivity index (χ1n) is 15.6. The van der Waals surface area contributed by atoms with Crippen molar-refractivity contribution in [2.75, 3.05) is 32.7 Å². The van der Waals surface area contributed by atoms with E-state index in [-0.39, 0.29) is 41.4 Å². The van der Waals surface area contributed by atoms with Gasteiger partial charge in [-0.2, -0.15) is 0 Å². The second-order valence-corrected chi connectivity index (χ2v) is 11.7. The van der Waals surface area contributed by atoms with Crippen LogP contribution in [0.5, 0.6) is 0 Å². The number of primary amides is 1. The fourth-order valence-electron chi connectivity index (χ4n) is 6.01. The lowest BCUT2D eigenvalue weighted by molar-refractivity contribution is -0.125. The molecule has 3 N–H and O–H groups in total. The van der Waals surface area contributed by atoms with Crippen LogP contribution in [-0.2, 0) is 9.59 Å². The first-order chi connectivity index (χ1) is 19.3. The molecule has 2 saturated heterocycles. The Morgan fingerprint density at radius 1 is 0.775 bits per heavy atom. The summed E-state index contributed by atoms with van der Waals surface area (Å²) in [5.74, 6) is -0.867. The van der Waals surface area contributed by atoms with Gasteiger partial charge in [-0.1, -0.05) is 71.6 Å². The first-order valence-corrected chi connectivity index (χ1v) is 15.6. The van der Waals surface area contributed by atoms with E-state index in [4.69, 9.17) is 5.73 Å². The predicted molar refractivity (Wildman–Crippen MR) is 158 cm³/mol. The van der Waals surface area contributed by atoms with Crippen molar-refractivity contribution >= 4 is 23.6 Å². The van der Waals surface area contributed by atoms with Gasteiger partial charge in [0.15, 0.2) is 0 Å². The van der Waals surface area contributed by atoms with Crippen LogP contribution < -0.4 is 11.1 Å². The van der Waals surface area contributed by atoms with Gasteiger partial charge in [0.2, 0.25) is 11.8 Å². The molecule has 3 rings (SSSR count). The van der Waals surface area contributed by atoms with Crippen molar-refractivity contribution in [3.63, 3.8) is 0 Å². The lowest BCUT2D eigenvalue weighted by Crippen LogP contribution is -2.36. The lowest BCUT2D eigenvalue weighted by atomic mass is 9.90. The Bertz CT molecular complexity index is 980. The van der Waals surface area contributed by atoms with Crippen LogP contribution in [0.15, 0.2) is 24.3 Å². The van der Waals surface area contributed by atoms with E-state index in [1.807, 2.05) is 4.90 Å². The van der Waals surface area contributed by atoms with Gasteiger partial charge < -0.3 is 20.9 Å². The van der Waals surface area contributed by atoms with Crippen molar-refractivity contribution in [1.29, 1.82) is 0 Å². The predicted octanol–water partition coefficient (Wildman–Crippen LogP) is 4.77. The molecule has 2 fully saturated rings. The van der Waals surface area contributed by atoms with Crippen LogP contribution in [0.2, 0.25) is 0 Å². The van der Waals surface area contributed by atoms with Crippen LogP contribution in [-0.4, -0.2) is 66.2 Å². The summed E-state index contributed by atoms with van der Waals surface area (Å²) in [6.07, 6.45) is 13.2. The van der Waals surface area contributed by atoms with Crippen molar-refractivity contribution < 1.29 is 19.2 Å². The molecule has 222 valence electrons. The second-order valence-electron chi connectivity index (χ2n) is 11.7. The number of nitrogens with zero attached hydrogens (tertiary/aromatic N) is 2. The number of likely N-dealkylation sites (tertiary alicyclic amines) is 2. The summed E-state index contributed by atoms with van der Waals surface area (Å²) >= 11 is 0. The van der Waals surface area contributed by atoms with Gasteiger partial charge in [-0.25, -0.2) is 0 Å². The summed E-state index contributed by atoms with van der Waals surface area (Å²) in [5.41, 5.74) is 6.41. The highest BCUT2D eigenvalue weighted by molar-refractivity contribution is 5.98. The van der Waals surface area contributed by atoms with Crippen molar-refractivity contribution in [2.24, 2.45) is 23.5 Å². The molecule has 8 nitrogen and oxygen atoms in total. The highest BCUT2D eigenvalue weighted by atomic mass is 16.2. The highest BCUT2D eigenvalue weighted by Crippen LogP contribution is 2.30. The number of carbonyl (C=O) groups excluding carboxylic acids is 4. The molecular formula is C32H50N4O4. The zero-order valence-corrected chi connectivity index (χ0v) is 24.7. The molecule has 2 aliphatic heterocycles. The Balaban J connectivity index is 1.59. The molecule has 40 heavy (non-hydrogen) atoms. The van der Waals surface area contributed by atoms with E-state index < -0.39 is 0 Å². The second kappa shape index (κ2) is 16.4. The minimum absolute atomic E-state index is 0.0728. The third-order valence-corrected chi connectivity index (χ3v) is 8.58. The summed E-state index contributed by atoms with van der Waals surface area (Å²) in [4.78, 5) is 54.4. The minimum atomic E-state index is -0.375. The molecule has 0 spiro atoms. The summed E-state index contributed by atoms with van der Waals surface area (Å²) < 4.78 is 0. The minimum Gasteiger partial charge on any atom is -0.369 e. The van der Waals surface area contributed by atoms with Gasteiger partial charge in [-0.15, -0.1) is 0 Å². The molecule has 1 aromatic carbocycles. The fraction of sp³-hybridized carbons (Fsp3) is 0.688. The number of rotatable bonds is 16. The molecule has 3 atom stereocenters. The van der Waals surface area contributed by atoms with Gasteiger partial charge in [0.25, 0.3) is 11.8 Å². The molecule has 0 aliphatic carbocycles. The van der Waals surface area contributed by atoms with Gasteiger partial charge in [-0.3, -0.25) is 19.2 Å². The van der Waals surface area contributed by atoms with Gasteiger partial charge >= 0.3 is 0 Å². The van der Waals surface area contributed by atoms with Crippen LogP contribution in [0.1, 0.15) is 112 Å². The maximum atomic E-state index is 13.4. The van der Waals surface area contributed by atoms with Crippen molar-refractivity contribution in [2.45, 2.75) is 90.9 Å². The van der Waals surface area contributed by atoms with Gasteiger partial charge in [0, 0.05) is 43.9 Å². The van der Waals surface area contributed by atoms with Crippen molar-refractivity contribution in [3.05, 3.63) is 35.4 Å². The van der Waals surface area contributed by atoms with Crippen molar-refractivity contribution in [1.82, 2.24) is 15.1 Å². The van der Waals surface area contributed by atoms with E-state index in [1.54, 1.807) is 29.2 Å². The molecule has 8 heteroatoms. The Hall–Kier alpha value is -2.90. The Labute approximate surface area is 240 Å². The average Bonchev–Trinajstić information content (AvgIpc) is 3.62. The van der Waals surface area contributed by atoms with Crippen LogP contribution in [0.4, 0.5) is 0 Å². The van der Waals surface area contributed by atoms with E-state index in [0.29, 0.717) is 50.3 Å². The fourth-order valence-corrected chi connectivity index (χ4v) is 6.01. The van der Waals surface area contributed by atoms with Crippen LogP contribution >= 0.6 is 0 Å². The molecule has 2 aliphatic rings. The third kappa shape index (κ3) is 9.07. The average molecular weight is 555 g/mol. The maximum Gasteiger partial charge on any atom is 0.253 e. The molecule has 0 radical (unpaired) electrons. The summed E-state index contributed by atoms with van der Waals surface area (Å²) in [7, 11) is 0. The highest BCUT2D eigenvalue weighted by Gasteiger charge is 2.39. The summed E-state index contributed by atoms with van der Waals surface area (Å²) in [6.45, 7) is 6.95. The summed E-state index contributed by atoms with van der Waals surface area (Å²) in [6, 6.07) is 6.75. The molecule has 4 amide bonds. The topological polar surface area (TPSA) is 113 Å². The monoisotopic (exact) mass is 554 g/mol. The number of amides is 4. The maximum absolute atomic E-state index is 13.4. The zero-order chi connectivity index (χ0) is 28.9. The van der Waals surface area contributed by atoms with Gasteiger partial charge in [0.05, 0.1) is 11.8 Å². The molecule has 0 aromatic heterocycles. The normalized spacial score (nSPS) is 20.6. The van der Waals surface area contributed by atoms with E-state index in [9.17, 15) is 19.2 Å². The number of benzene rings is 1. The Morgan fingerprint density at radius 3 is 1.95 bits per heavy atom. The van der Waals surface area contributed by atoms with Crippen LogP contribution in [0.3, 0.4) is 0 Å². The molecule has 0 unspecified atom stereocenters. The quantitative estimate of drug-likeness (QED) is 0.287. The summed E-state index contributed by atoms with van der Waals surface area (Å²) in [5, 5.41) is 3.14. The third-order valence-electron chi connectivity index (χ3n) is 8.58. The van der Waals surface area contributed by atoms with Gasteiger partial charge in [0.1, 0.15) is 0 Å².